The number of benzene rings is 1. The maximum atomic E-state index is 10.8. The highest BCUT2D eigenvalue weighted by molar-refractivity contribution is 9.10. The number of carbonyl (C=O) groups excluding carboxylic acids is 1. The van der Waals surface area contributed by atoms with Gasteiger partial charge in [-0.1, -0.05) is 15.9 Å². The van der Waals surface area contributed by atoms with Crippen molar-refractivity contribution in [2.75, 3.05) is 20.3 Å². The molecule has 1 rings (SSSR count). The van der Waals surface area contributed by atoms with E-state index in [0.29, 0.717) is 17.9 Å². The molecule has 0 aliphatic heterocycles. The van der Waals surface area contributed by atoms with Crippen molar-refractivity contribution in [1.82, 2.24) is 0 Å². The molecule has 0 saturated heterocycles. The zero-order valence-corrected chi connectivity index (χ0v) is 10.8. The van der Waals surface area contributed by atoms with Crippen LogP contribution in [0, 0.1) is 0 Å². The Morgan fingerprint density at radius 1 is 1.31 bits per heavy atom. The molecule has 4 heteroatoms. The molecule has 16 heavy (non-hydrogen) atoms. The minimum atomic E-state index is 0.570. The minimum absolute atomic E-state index is 0.570. The predicted molar refractivity (Wildman–Crippen MR) is 66.1 cm³/mol. The van der Waals surface area contributed by atoms with Crippen LogP contribution in [0.4, 0.5) is 0 Å². The zero-order valence-electron chi connectivity index (χ0n) is 9.24. The highest BCUT2D eigenvalue weighted by atomic mass is 79.9. The summed E-state index contributed by atoms with van der Waals surface area (Å²) in [5.74, 6) is 0.635. The van der Waals surface area contributed by atoms with Gasteiger partial charge in [0.25, 0.3) is 0 Å². The summed E-state index contributed by atoms with van der Waals surface area (Å²) >= 11 is 3.31. The van der Waals surface area contributed by atoms with Gasteiger partial charge in [0.2, 0.25) is 0 Å². The Hall–Kier alpha value is -0.870. The van der Waals surface area contributed by atoms with Gasteiger partial charge in [0.05, 0.1) is 12.2 Å². The van der Waals surface area contributed by atoms with Gasteiger partial charge < -0.3 is 9.47 Å². The first-order valence-electron chi connectivity index (χ1n) is 5.14. The van der Waals surface area contributed by atoms with Crippen LogP contribution in [-0.2, 0) is 4.74 Å². The highest BCUT2D eigenvalue weighted by Gasteiger charge is 2.03. The van der Waals surface area contributed by atoms with Gasteiger partial charge in [-0.05, 0) is 31.0 Å². The van der Waals surface area contributed by atoms with Crippen molar-refractivity contribution in [2.24, 2.45) is 0 Å². The summed E-state index contributed by atoms with van der Waals surface area (Å²) < 4.78 is 11.3. The molecule has 0 aliphatic rings. The number of unbranched alkanes of at least 4 members (excludes halogenated alkanes) is 1. The van der Waals surface area contributed by atoms with Gasteiger partial charge in [0.15, 0.2) is 6.29 Å². The topological polar surface area (TPSA) is 35.5 Å². The van der Waals surface area contributed by atoms with Gasteiger partial charge in [0, 0.05) is 18.2 Å². The lowest BCUT2D eigenvalue weighted by Gasteiger charge is -2.08. The van der Waals surface area contributed by atoms with Crippen molar-refractivity contribution in [3.63, 3.8) is 0 Å². The van der Waals surface area contributed by atoms with Crippen molar-refractivity contribution < 1.29 is 14.3 Å². The minimum Gasteiger partial charge on any atom is -0.493 e. The average Bonchev–Trinajstić information content (AvgIpc) is 2.30. The number of hydrogen-bond donors (Lipinski definition) is 0. The standard InChI is InChI=1S/C12H15BrO3/c1-15-6-2-3-7-16-12-5-4-11(13)8-10(12)9-14/h4-5,8-9H,2-3,6-7H2,1H3. The summed E-state index contributed by atoms with van der Waals surface area (Å²) in [6, 6.07) is 5.40. The number of aldehydes is 1. The summed E-state index contributed by atoms with van der Waals surface area (Å²) in [4.78, 5) is 10.8. The Kier molecular flexibility index (Phi) is 6.11. The lowest BCUT2D eigenvalue weighted by Crippen LogP contribution is -2.01. The van der Waals surface area contributed by atoms with E-state index in [9.17, 15) is 4.79 Å². The number of halogens is 1. The van der Waals surface area contributed by atoms with E-state index in [2.05, 4.69) is 15.9 Å². The number of carbonyl (C=O) groups is 1. The van der Waals surface area contributed by atoms with E-state index in [-0.39, 0.29) is 0 Å². The van der Waals surface area contributed by atoms with E-state index < -0.39 is 0 Å². The Labute approximate surface area is 104 Å². The Balaban J connectivity index is 2.44. The quantitative estimate of drug-likeness (QED) is 0.571. The van der Waals surface area contributed by atoms with Gasteiger partial charge in [-0.2, -0.15) is 0 Å². The second kappa shape index (κ2) is 7.41. The molecule has 0 fully saturated rings. The molecule has 0 saturated carbocycles. The molecule has 3 nitrogen and oxygen atoms in total. The van der Waals surface area contributed by atoms with Crippen molar-refractivity contribution in [3.8, 4) is 5.75 Å². The monoisotopic (exact) mass is 286 g/mol. The van der Waals surface area contributed by atoms with Crippen LogP contribution in [0.25, 0.3) is 0 Å². The third kappa shape index (κ3) is 4.33. The molecular formula is C12H15BrO3. The third-order valence-corrected chi connectivity index (χ3v) is 2.59. The lowest BCUT2D eigenvalue weighted by atomic mass is 10.2. The summed E-state index contributed by atoms with van der Waals surface area (Å²) in [5.41, 5.74) is 0.570. The second-order valence-corrected chi connectivity index (χ2v) is 4.26. The maximum absolute atomic E-state index is 10.8. The van der Waals surface area contributed by atoms with Crippen LogP contribution >= 0.6 is 15.9 Å². The molecule has 0 N–H and O–H groups in total. The van der Waals surface area contributed by atoms with Crippen molar-refractivity contribution in [3.05, 3.63) is 28.2 Å². The molecule has 0 amide bonds. The van der Waals surface area contributed by atoms with Crippen LogP contribution in [0.5, 0.6) is 5.75 Å². The Bertz CT molecular complexity index is 339. The van der Waals surface area contributed by atoms with Crippen LogP contribution in [0.1, 0.15) is 23.2 Å². The molecule has 0 heterocycles. The molecule has 88 valence electrons. The molecule has 0 aliphatic carbocycles. The summed E-state index contributed by atoms with van der Waals surface area (Å²) in [6.07, 6.45) is 2.68. The SMILES string of the molecule is COCCCCOc1ccc(Br)cc1C=O. The molecule has 0 atom stereocenters. The predicted octanol–water partition coefficient (Wildman–Crippen LogP) is 3.07. The van der Waals surface area contributed by atoms with Crippen LogP contribution in [0.3, 0.4) is 0 Å². The molecular weight excluding hydrogens is 272 g/mol. The van der Waals surface area contributed by atoms with Gasteiger partial charge in [-0.3, -0.25) is 4.79 Å². The van der Waals surface area contributed by atoms with Crippen molar-refractivity contribution in [2.45, 2.75) is 12.8 Å². The largest absolute Gasteiger partial charge is 0.493 e. The molecule has 0 radical (unpaired) electrons. The fraction of sp³-hybridized carbons (Fsp3) is 0.417. The van der Waals surface area contributed by atoms with E-state index in [4.69, 9.17) is 9.47 Å². The van der Waals surface area contributed by atoms with Gasteiger partial charge in [-0.15, -0.1) is 0 Å². The smallest absolute Gasteiger partial charge is 0.153 e. The number of rotatable bonds is 7. The molecule has 1 aromatic carbocycles. The third-order valence-electron chi connectivity index (χ3n) is 2.10. The van der Waals surface area contributed by atoms with E-state index in [1.165, 1.54) is 0 Å². The molecule has 0 spiro atoms. The fourth-order valence-electron chi connectivity index (χ4n) is 1.27. The van der Waals surface area contributed by atoms with Gasteiger partial charge in [-0.25, -0.2) is 0 Å². The van der Waals surface area contributed by atoms with Crippen LogP contribution in [-0.4, -0.2) is 26.6 Å². The van der Waals surface area contributed by atoms with Crippen molar-refractivity contribution >= 4 is 22.2 Å². The lowest BCUT2D eigenvalue weighted by molar-refractivity contribution is 0.111. The Morgan fingerprint density at radius 3 is 2.75 bits per heavy atom. The normalized spacial score (nSPS) is 10.1. The zero-order chi connectivity index (χ0) is 11.8. The Morgan fingerprint density at radius 2 is 2.06 bits per heavy atom. The van der Waals surface area contributed by atoms with Crippen molar-refractivity contribution in [1.29, 1.82) is 0 Å². The first-order valence-corrected chi connectivity index (χ1v) is 5.93. The molecule has 0 unspecified atom stereocenters. The second-order valence-electron chi connectivity index (χ2n) is 3.35. The molecule has 0 bridgehead atoms. The van der Waals surface area contributed by atoms with Crippen LogP contribution in [0.15, 0.2) is 22.7 Å². The average molecular weight is 287 g/mol. The van der Waals surface area contributed by atoms with Gasteiger partial charge in [0.1, 0.15) is 5.75 Å². The molecule has 0 aromatic heterocycles. The van der Waals surface area contributed by atoms with Gasteiger partial charge >= 0.3 is 0 Å². The maximum Gasteiger partial charge on any atom is 0.153 e. The highest BCUT2D eigenvalue weighted by Crippen LogP contribution is 2.21. The number of hydrogen-bond acceptors (Lipinski definition) is 3. The van der Waals surface area contributed by atoms with E-state index in [0.717, 1.165) is 30.2 Å². The summed E-state index contributed by atoms with van der Waals surface area (Å²) in [6.45, 7) is 1.34. The van der Waals surface area contributed by atoms with Crippen LogP contribution in [0.2, 0.25) is 0 Å². The summed E-state index contributed by atoms with van der Waals surface area (Å²) in [7, 11) is 1.68. The number of methoxy groups -OCH3 is 1. The first-order chi connectivity index (χ1) is 7.77. The number of ether oxygens (including phenoxy) is 2. The molecule has 1 aromatic rings. The summed E-state index contributed by atoms with van der Waals surface area (Å²) in [5, 5.41) is 0. The van der Waals surface area contributed by atoms with E-state index in [1.54, 1.807) is 19.2 Å². The first kappa shape index (κ1) is 13.2. The van der Waals surface area contributed by atoms with E-state index >= 15 is 0 Å². The van der Waals surface area contributed by atoms with E-state index in [1.807, 2.05) is 6.07 Å². The van der Waals surface area contributed by atoms with Crippen LogP contribution < -0.4 is 4.74 Å². The fourth-order valence-corrected chi connectivity index (χ4v) is 1.65.